The maximum Gasteiger partial charge on any atom is 0.268 e. The predicted octanol–water partition coefficient (Wildman–Crippen LogP) is 3.39. The van der Waals surface area contributed by atoms with Gasteiger partial charge in [-0.05, 0) is 19.1 Å². The van der Waals surface area contributed by atoms with E-state index in [1.165, 1.54) is 0 Å². The van der Waals surface area contributed by atoms with Crippen LogP contribution in [0.3, 0.4) is 0 Å². The standard InChI is InChI=1S/C14H11ClN6OS/c1-8-12(17-7-16-8)13-19-14(22-20-13)11-3-2-10(23-11)6-21-5-9(15)4-18-21/h2-5,7H,6H2,1H3,(H,16,17). The summed E-state index contributed by atoms with van der Waals surface area (Å²) in [5.74, 6) is 0.963. The van der Waals surface area contributed by atoms with Gasteiger partial charge in [-0.1, -0.05) is 16.8 Å². The number of nitrogens with zero attached hydrogens (tertiary/aromatic N) is 5. The SMILES string of the molecule is Cc1[nH]cnc1-c1noc(-c2ccc(Cn3cc(Cl)cn3)s2)n1. The number of H-pyrrole nitrogens is 1. The molecule has 4 rings (SSSR count). The highest BCUT2D eigenvalue weighted by Gasteiger charge is 2.15. The van der Waals surface area contributed by atoms with E-state index in [0.29, 0.717) is 29.0 Å². The van der Waals surface area contributed by atoms with Crippen molar-refractivity contribution in [2.45, 2.75) is 13.5 Å². The van der Waals surface area contributed by atoms with Crippen LogP contribution in [0.25, 0.3) is 22.3 Å². The lowest BCUT2D eigenvalue weighted by molar-refractivity contribution is 0.433. The molecule has 0 fully saturated rings. The molecule has 23 heavy (non-hydrogen) atoms. The molecule has 0 bridgehead atoms. The summed E-state index contributed by atoms with van der Waals surface area (Å²) in [7, 11) is 0. The van der Waals surface area contributed by atoms with Crippen molar-refractivity contribution in [1.82, 2.24) is 29.9 Å². The summed E-state index contributed by atoms with van der Waals surface area (Å²) < 4.78 is 7.13. The van der Waals surface area contributed by atoms with E-state index in [1.807, 2.05) is 19.1 Å². The van der Waals surface area contributed by atoms with Crippen LogP contribution >= 0.6 is 22.9 Å². The van der Waals surface area contributed by atoms with Crippen LogP contribution in [0.4, 0.5) is 0 Å². The van der Waals surface area contributed by atoms with Gasteiger partial charge in [0.2, 0.25) is 5.82 Å². The maximum absolute atomic E-state index is 5.87. The number of thiophene rings is 1. The molecule has 4 heterocycles. The van der Waals surface area contributed by atoms with Gasteiger partial charge < -0.3 is 9.51 Å². The van der Waals surface area contributed by atoms with Crippen molar-refractivity contribution in [2.75, 3.05) is 0 Å². The normalized spacial score (nSPS) is 11.2. The van der Waals surface area contributed by atoms with Crippen molar-refractivity contribution in [3.05, 3.63) is 46.4 Å². The van der Waals surface area contributed by atoms with Gasteiger partial charge in [-0.2, -0.15) is 10.1 Å². The number of aryl methyl sites for hydroxylation is 1. The Balaban J connectivity index is 1.57. The third-order valence-corrected chi connectivity index (χ3v) is 4.51. The molecule has 1 N–H and O–H groups in total. The number of nitrogens with one attached hydrogen (secondary N) is 1. The molecule has 0 unspecified atom stereocenters. The Kier molecular flexibility index (Phi) is 3.47. The molecule has 7 nitrogen and oxygen atoms in total. The Hall–Kier alpha value is -2.45. The van der Waals surface area contributed by atoms with Gasteiger partial charge in [0, 0.05) is 16.8 Å². The Labute approximate surface area is 139 Å². The summed E-state index contributed by atoms with van der Waals surface area (Å²) >= 11 is 7.45. The first-order valence-corrected chi connectivity index (χ1v) is 7.99. The highest BCUT2D eigenvalue weighted by atomic mass is 35.5. The molecule has 4 aromatic heterocycles. The van der Waals surface area contributed by atoms with Gasteiger partial charge in [0.1, 0.15) is 5.69 Å². The second-order valence-corrected chi connectivity index (χ2v) is 6.53. The monoisotopic (exact) mass is 346 g/mol. The van der Waals surface area contributed by atoms with Gasteiger partial charge >= 0.3 is 0 Å². The third kappa shape index (κ3) is 2.78. The zero-order valence-corrected chi connectivity index (χ0v) is 13.6. The van der Waals surface area contributed by atoms with E-state index in [9.17, 15) is 0 Å². The lowest BCUT2D eigenvalue weighted by atomic mass is 10.3. The molecular weight excluding hydrogens is 336 g/mol. The van der Waals surface area contributed by atoms with Gasteiger partial charge in [-0.3, -0.25) is 4.68 Å². The van der Waals surface area contributed by atoms with E-state index < -0.39 is 0 Å². The number of imidazole rings is 1. The first kappa shape index (κ1) is 14.2. The van der Waals surface area contributed by atoms with E-state index in [0.717, 1.165) is 15.4 Å². The molecule has 9 heteroatoms. The van der Waals surface area contributed by atoms with Crippen LogP contribution in [0.15, 0.2) is 35.4 Å². The van der Waals surface area contributed by atoms with Gasteiger partial charge in [-0.25, -0.2) is 4.98 Å². The van der Waals surface area contributed by atoms with E-state index in [-0.39, 0.29) is 0 Å². The number of halogens is 1. The molecule has 0 amide bonds. The zero-order valence-electron chi connectivity index (χ0n) is 12.0. The van der Waals surface area contributed by atoms with Crippen LogP contribution < -0.4 is 0 Å². The second kappa shape index (κ2) is 5.64. The summed E-state index contributed by atoms with van der Waals surface area (Å²) in [6, 6.07) is 3.97. The van der Waals surface area contributed by atoms with E-state index in [4.69, 9.17) is 16.1 Å². The van der Waals surface area contributed by atoms with Crippen LogP contribution in [-0.2, 0) is 6.54 Å². The molecule has 0 atom stereocenters. The summed E-state index contributed by atoms with van der Waals surface area (Å²) in [4.78, 5) is 13.6. The first-order valence-electron chi connectivity index (χ1n) is 6.80. The molecule has 0 aliphatic rings. The lowest BCUT2D eigenvalue weighted by Crippen LogP contribution is -1.96. The second-order valence-electron chi connectivity index (χ2n) is 4.92. The van der Waals surface area contributed by atoms with Crippen molar-refractivity contribution in [3.8, 4) is 22.3 Å². The van der Waals surface area contributed by atoms with Crippen LogP contribution in [0.1, 0.15) is 10.6 Å². The first-order chi connectivity index (χ1) is 11.2. The molecule has 0 aliphatic carbocycles. The number of hydrogen-bond acceptors (Lipinski definition) is 6. The summed E-state index contributed by atoms with van der Waals surface area (Å²) in [5, 5.41) is 8.79. The van der Waals surface area contributed by atoms with Crippen molar-refractivity contribution in [2.24, 2.45) is 0 Å². The molecule has 4 aromatic rings. The van der Waals surface area contributed by atoms with Crippen molar-refractivity contribution in [1.29, 1.82) is 0 Å². The van der Waals surface area contributed by atoms with Gasteiger partial charge in [0.25, 0.3) is 5.89 Å². The van der Waals surface area contributed by atoms with Crippen LogP contribution in [0.5, 0.6) is 0 Å². The smallest absolute Gasteiger partial charge is 0.268 e. The van der Waals surface area contributed by atoms with Crippen LogP contribution in [-0.4, -0.2) is 29.9 Å². The van der Waals surface area contributed by atoms with Gasteiger partial charge in [0.05, 0.1) is 29.0 Å². The molecule has 0 saturated heterocycles. The number of rotatable bonds is 4. The fourth-order valence-corrected chi connectivity index (χ4v) is 3.24. The molecule has 0 spiro atoms. The highest BCUT2D eigenvalue weighted by molar-refractivity contribution is 7.15. The zero-order chi connectivity index (χ0) is 15.8. The molecule has 116 valence electrons. The van der Waals surface area contributed by atoms with Gasteiger partial charge in [-0.15, -0.1) is 11.3 Å². The largest absolute Gasteiger partial charge is 0.348 e. The molecular formula is C14H11ClN6OS. The average Bonchev–Trinajstić information content (AvgIpc) is 3.27. The summed E-state index contributed by atoms with van der Waals surface area (Å²) in [5.41, 5.74) is 1.60. The molecule has 0 radical (unpaired) electrons. The quantitative estimate of drug-likeness (QED) is 0.612. The summed E-state index contributed by atoms with van der Waals surface area (Å²) in [6.07, 6.45) is 5.01. The lowest BCUT2D eigenvalue weighted by Gasteiger charge is -1.96. The maximum atomic E-state index is 5.87. The molecule has 0 aromatic carbocycles. The van der Waals surface area contributed by atoms with Crippen molar-refractivity contribution >= 4 is 22.9 Å². The van der Waals surface area contributed by atoms with E-state index in [1.54, 1.807) is 34.7 Å². The van der Waals surface area contributed by atoms with Crippen molar-refractivity contribution in [3.63, 3.8) is 0 Å². The molecule has 0 saturated carbocycles. The topological polar surface area (TPSA) is 85.4 Å². The van der Waals surface area contributed by atoms with Crippen LogP contribution in [0, 0.1) is 6.92 Å². The summed E-state index contributed by atoms with van der Waals surface area (Å²) in [6.45, 7) is 2.56. The fourth-order valence-electron chi connectivity index (χ4n) is 2.17. The minimum atomic E-state index is 0.479. The third-order valence-electron chi connectivity index (χ3n) is 3.26. The molecule has 0 aliphatic heterocycles. The fraction of sp³-hybridized carbons (Fsp3) is 0.143. The Morgan fingerprint density at radius 2 is 2.30 bits per heavy atom. The number of hydrogen-bond donors (Lipinski definition) is 1. The van der Waals surface area contributed by atoms with Crippen LogP contribution in [0.2, 0.25) is 5.02 Å². The Morgan fingerprint density at radius 1 is 1.39 bits per heavy atom. The average molecular weight is 347 g/mol. The number of aromatic nitrogens is 6. The highest BCUT2D eigenvalue weighted by Crippen LogP contribution is 2.29. The minimum absolute atomic E-state index is 0.479. The van der Waals surface area contributed by atoms with Crippen molar-refractivity contribution < 1.29 is 4.52 Å². The van der Waals surface area contributed by atoms with E-state index in [2.05, 4.69) is 25.2 Å². The Bertz CT molecular complexity index is 952. The van der Waals surface area contributed by atoms with Gasteiger partial charge in [0.15, 0.2) is 0 Å². The van der Waals surface area contributed by atoms with E-state index >= 15 is 0 Å². The number of aromatic amines is 1. The predicted molar refractivity (Wildman–Crippen MR) is 86.3 cm³/mol. The Morgan fingerprint density at radius 3 is 3.04 bits per heavy atom. The minimum Gasteiger partial charge on any atom is -0.348 e.